The van der Waals surface area contributed by atoms with Gasteiger partial charge in [0, 0.05) is 53.1 Å². The minimum absolute atomic E-state index is 0.0678. The van der Waals surface area contributed by atoms with Gasteiger partial charge in [0.2, 0.25) is 5.95 Å². The smallest absolute Gasteiger partial charge is 0.223 e. The van der Waals surface area contributed by atoms with Crippen molar-refractivity contribution in [3.05, 3.63) is 59.4 Å². The Kier molecular flexibility index (Phi) is 6.72. The summed E-state index contributed by atoms with van der Waals surface area (Å²) in [5, 5.41) is 16.6. The maximum absolute atomic E-state index is 9.17. The molecule has 0 atom stereocenters. The van der Waals surface area contributed by atoms with Gasteiger partial charge in [0.1, 0.15) is 0 Å². The van der Waals surface area contributed by atoms with Crippen LogP contribution in [-0.2, 0) is 19.4 Å². The lowest BCUT2D eigenvalue weighted by Gasteiger charge is -2.14. The van der Waals surface area contributed by atoms with Crippen molar-refractivity contribution in [1.29, 1.82) is 0 Å². The minimum atomic E-state index is 0.0678. The molecule has 0 spiro atoms. The average Bonchev–Trinajstić information content (AvgIpc) is 3.16. The topological polar surface area (TPSA) is 88.8 Å². The molecular formula is C24H30N6O. The number of rotatable bonds is 8. The molecule has 3 heterocycles. The third-order valence-corrected chi connectivity index (χ3v) is 5.59. The molecule has 31 heavy (non-hydrogen) atoms. The number of pyridine rings is 1. The second-order valence-corrected chi connectivity index (χ2v) is 7.87. The first-order valence-corrected chi connectivity index (χ1v) is 11.1. The molecule has 7 heteroatoms. The van der Waals surface area contributed by atoms with Gasteiger partial charge < -0.3 is 10.4 Å². The molecule has 0 saturated heterocycles. The van der Waals surface area contributed by atoms with Gasteiger partial charge in [0.05, 0.1) is 25.0 Å². The van der Waals surface area contributed by atoms with Crippen molar-refractivity contribution in [3.63, 3.8) is 0 Å². The summed E-state index contributed by atoms with van der Waals surface area (Å²) in [4.78, 5) is 14.3. The fourth-order valence-electron chi connectivity index (χ4n) is 3.92. The van der Waals surface area contributed by atoms with Crippen molar-refractivity contribution in [1.82, 2.24) is 24.7 Å². The van der Waals surface area contributed by atoms with Crippen LogP contribution in [0.1, 0.15) is 55.3 Å². The summed E-state index contributed by atoms with van der Waals surface area (Å²) in [6.45, 7) is 2.75. The first kappa shape index (κ1) is 21.2. The SMILES string of the molecule is CCCCc1cc(C2=CCCCc3ncc(-c4cnn(CCO)c4)cc32)nc(NC)n1. The standard InChI is InChI=1S/C24H30N6O/c1-3-4-7-19-13-23(29-24(25-2)28-19)20-8-5-6-9-22-21(20)12-17(14-26-22)18-15-27-30(16-18)10-11-31/h8,12-16,31H,3-7,9-11H2,1-2H3,(H,25,28,29). The highest BCUT2D eigenvalue weighted by atomic mass is 16.3. The van der Waals surface area contributed by atoms with Crippen LogP contribution in [0.5, 0.6) is 0 Å². The zero-order valence-corrected chi connectivity index (χ0v) is 18.3. The van der Waals surface area contributed by atoms with Crippen LogP contribution >= 0.6 is 0 Å². The number of nitrogens with one attached hydrogen (secondary N) is 1. The molecule has 4 rings (SSSR count). The zero-order valence-electron chi connectivity index (χ0n) is 18.3. The van der Waals surface area contributed by atoms with E-state index in [2.05, 4.69) is 40.5 Å². The number of aryl methyl sites for hydroxylation is 2. The summed E-state index contributed by atoms with van der Waals surface area (Å²) in [7, 11) is 1.86. The third-order valence-electron chi connectivity index (χ3n) is 5.59. The van der Waals surface area contributed by atoms with Crippen LogP contribution in [0.3, 0.4) is 0 Å². The van der Waals surface area contributed by atoms with Gasteiger partial charge in [-0.1, -0.05) is 19.4 Å². The molecule has 162 valence electrons. The third kappa shape index (κ3) is 4.82. The quantitative estimate of drug-likeness (QED) is 0.577. The fourth-order valence-corrected chi connectivity index (χ4v) is 3.92. The van der Waals surface area contributed by atoms with Gasteiger partial charge in [0.15, 0.2) is 0 Å². The largest absolute Gasteiger partial charge is 0.394 e. The van der Waals surface area contributed by atoms with Gasteiger partial charge in [-0.3, -0.25) is 9.67 Å². The number of allylic oxidation sites excluding steroid dienone is 1. The van der Waals surface area contributed by atoms with E-state index in [1.165, 1.54) is 0 Å². The molecule has 7 nitrogen and oxygen atoms in total. The first-order valence-electron chi connectivity index (χ1n) is 11.1. The lowest BCUT2D eigenvalue weighted by molar-refractivity contribution is 0.269. The molecule has 0 bridgehead atoms. The maximum Gasteiger partial charge on any atom is 0.223 e. The Morgan fingerprint density at radius 2 is 2.06 bits per heavy atom. The molecule has 3 aromatic rings. The van der Waals surface area contributed by atoms with Crippen LogP contribution in [0.15, 0.2) is 36.8 Å². The van der Waals surface area contributed by atoms with E-state index in [1.807, 2.05) is 25.6 Å². The summed E-state index contributed by atoms with van der Waals surface area (Å²) in [5.41, 5.74) is 7.39. The van der Waals surface area contributed by atoms with E-state index in [1.54, 1.807) is 4.68 Å². The van der Waals surface area contributed by atoms with Crippen LogP contribution in [-0.4, -0.2) is 43.5 Å². The van der Waals surface area contributed by atoms with E-state index in [0.717, 1.165) is 77.9 Å². The van der Waals surface area contributed by atoms with E-state index in [4.69, 9.17) is 9.97 Å². The van der Waals surface area contributed by atoms with Crippen LogP contribution in [0, 0.1) is 0 Å². The molecule has 2 N–H and O–H groups in total. The Balaban J connectivity index is 1.76. The molecule has 3 aromatic heterocycles. The monoisotopic (exact) mass is 418 g/mol. The zero-order chi connectivity index (χ0) is 21.6. The van der Waals surface area contributed by atoms with E-state index < -0.39 is 0 Å². The number of aromatic nitrogens is 5. The molecule has 0 radical (unpaired) electrons. The predicted molar refractivity (Wildman–Crippen MR) is 123 cm³/mol. The molecule has 0 amide bonds. The second kappa shape index (κ2) is 9.83. The predicted octanol–water partition coefficient (Wildman–Crippen LogP) is 3.88. The normalized spacial score (nSPS) is 13.5. The van der Waals surface area contributed by atoms with Gasteiger partial charge in [-0.25, -0.2) is 9.97 Å². The van der Waals surface area contributed by atoms with Gasteiger partial charge in [-0.2, -0.15) is 5.10 Å². The molecule has 0 aliphatic heterocycles. The maximum atomic E-state index is 9.17. The molecule has 1 aliphatic carbocycles. The van der Waals surface area contributed by atoms with E-state index >= 15 is 0 Å². The number of aliphatic hydroxyl groups excluding tert-OH is 1. The summed E-state index contributed by atoms with van der Waals surface area (Å²) in [5.74, 6) is 0.657. The van der Waals surface area contributed by atoms with Crippen LogP contribution in [0.25, 0.3) is 16.7 Å². The number of hydrogen-bond donors (Lipinski definition) is 2. The Morgan fingerprint density at radius 3 is 2.87 bits per heavy atom. The summed E-state index contributed by atoms with van der Waals surface area (Å²) >= 11 is 0. The Morgan fingerprint density at radius 1 is 1.16 bits per heavy atom. The number of aliphatic hydroxyl groups is 1. The molecule has 0 saturated carbocycles. The van der Waals surface area contributed by atoms with Gasteiger partial charge in [-0.15, -0.1) is 0 Å². The van der Waals surface area contributed by atoms with Crippen molar-refractivity contribution in [2.24, 2.45) is 0 Å². The molecule has 0 fully saturated rings. The highest BCUT2D eigenvalue weighted by Gasteiger charge is 2.18. The molecule has 1 aliphatic rings. The van der Waals surface area contributed by atoms with Crippen molar-refractivity contribution in [2.75, 3.05) is 19.0 Å². The van der Waals surface area contributed by atoms with Crippen molar-refractivity contribution < 1.29 is 5.11 Å². The Hall–Kier alpha value is -3.06. The van der Waals surface area contributed by atoms with Crippen molar-refractivity contribution in [3.8, 4) is 11.1 Å². The molecule has 0 unspecified atom stereocenters. The number of unbranched alkanes of at least 4 members (excludes halogenated alkanes) is 1. The minimum Gasteiger partial charge on any atom is -0.394 e. The summed E-state index contributed by atoms with van der Waals surface area (Å²) in [6, 6.07) is 4.33. The lowest BCUT2D eigenvalue weighted by atomic mass is 9.97. The van der Waals surface area contributed by atoms with Crippen molar-refractivity contribution >= 4 is 11.5 Å². The Labute approximate surface area is 183 Å². The van der Waals surface area contributed by atoms with Gasteiger partial charge in [-0.05, 0) is 44.2 Å². The number of hydrogen-bond acceptors (Lipinski definition) is 6. The average molecular weight is 419 g/mol. The van der Waals surface area contributed by atoms with Gasteiger partial charge in [0.25, 0.3) is 0 Å². The summed E-state index contributed by atoms with van der Waals surface area (Å²) < 4.78 is 1.75. The number of nitrogens with zero attached hydrogens (tertiary/aromatic N) is 5. The summed E-state index contributed by atoms with van der Waals surface area (Å²) in [6.07, 6.45) is 14.2. The lowest BCUT2D eigenvalue weighted by Crippen LogP contribution is -2.05. The number of fused-ring (bicyclic) bond motifs is 1. The molecule has 0 aromatic carbocycles. The second-order valence-electron chi connectivity index (χ2n) is 7.87. The van der Waals surface area contributed by atoms with Gasteiger partial charge >= 0.3 is 0 Å². The van der Waals surface area contributed by atoms with E-state index in [9.17, 15) is 5.11 Å². The number of anilines is 1. The van der Waals surface area contributed by atoms with Crippen LogP contribution in [0.2, 0.25) is 0 Å². The fraction of sp³-hybridized carbons (Fsp3) is 0.417. The van der Waals surface area contributed by atoms with Crippen LogP contribution in [0.4, 0.5) is 5.95 Å². The molecular weight excluding hydrogens is 388 g/mol. The van der Waals surface area contributed by atoms with E-state index in [-0.39, 0.29) is 6.61 Å². The first-order chi connectivity index (χ1) is 15.2. The van der Waals surface area contributed by atoms with Crippen molar-refractivity contribution in [2.45, 2.75) is 52.0 Å². The highest BCUT2D eigenvalue weighted by Crippen LogP contribution is 2.33. The highest BCUT2D eigenvalue weighted by molar-refractivity contribution is 5.82. The van der Waals surface area contributed by atoms with E-state index in [0.29, 0.717) is 12.5 Å². The van der Waals surface area contributed by atoms with Crippen LogP contribution < -0.4 is 5.32 Å². The Bertz CT molecular complexity index is 1070.